The van der Waals surface area contributed by atoms with Gasteiger partial charge in [-0.05, 0) is 44.9 Å². The SMILES string of the molecule is CN(Cc1nnc(C2CC2)o1)[C@@H]1CCCN(c2cccnn2)C1. The van der Waals surface area contributed by atoms with Crippen molar-refractivity contribution in [1.82, 2.24) is 25.3 Å². The molecule has 2 fully saturated rings. The normalized spacial score (nSPS) is 21.8. The second-order valence-corrected chi connectivity index (χ2v) is 6.55. The number of nitrogens with zero attached hydrogens (tertiary/aromatic N) is 6. The Morgan fingerprint density at radius 2 is 2.17 bits per heavy atom. The highest BCUT2D eigenvalue weighted by Gasteiger charge is 2.30. The van der Waals surface area contributed by atoms with Crippen molar-refractivity contribution in [3.8, 4) is 0 Å². The van der Waals surface area contributed by atoms with E-state index in [2.05, 4.69) is 37.2 Å². The summed E-state index contributed by atoms with van der Waals surface area (Å²) in [5.74, 6) is 3.02. The summed E-state index contributed by atoms with van der Waals surface area (Å²) in [6.07, 6.45) is 6.42. The fourth-order valence-corrected chi connectivity index (χ4v) is 3.15. The van der Waals surface area contributed by atoms with E-state index in [1.807, 2.05) is 12.1 Å². The molecule has 1 aliphatic heterocycles. The van der Waals surface area contributed by atoms with Crippen molar-refractivity contribution in [3.63, 3.8) is 0 Å². The van der Waals surface area contributed by atoms with Crippen molar-refractivity contribution < 1.29 is 4.42 Å². The summed E-state index contributed by atoms with van der Waals surface area (Å²) < 4.78 is 5.78. The molecule has 122 valence electrons. The smallest absolute Gasteiger partial charge is 0.230 e. The lowest BCUT2D eigenvalue weighted by Crippen LogP contribution is -2.46. The van der Waals surface area contributed by atoms with Crippen LogP contribution < -0.4 is 4.90 Å². The number of anilines is 1. The molecule has 0 unspecified atom stereocenters. The molecule has 0 spiro atoms. The summed E-state index contributed by atoms with van der Waals surface area (Å²) in [6, 6.07) is 4.42. The predicted molar refractivity (Wildman–Crippen MR) is 85.0 cm³/mol. The monoisotopic (exact) mass is 314 g/mol. The Balaban J connectivity index is 1.38. The predicted octanol–water partition coefficient (Wildman–Crippen LogP) is 1.84. The quantitative estimate of drug-likeness (QED) is 0.834. The van der Waals surface area contributed by atoms with Crippen LogP contribution in [0.1, 0.15) is 43.4 Å². The third-order valence-electron chi connectivity index (χ3n) is 4.70. The molecule has 2 aromatic heterocycles. The number of likely N-dealkylation sites (N-methyl/N-ethyl adjacent to an activating group) is 1. The minimum absolute atomic E-state index is 0.460. The lowest BCUT2D eigenvalue weighted by molar-refractivity contribution is 0.189. The van der Waals surface area contributed by atoms with Crippen LogP contribution in [0.4, 0.5) is 5.82 Å². The molecule has 0 bridgehead atoms. The van der Waals surface area contributed by atoms with Gasteiger partial charge in [-0.3, -0.25) is 4.90 Å². The third kappa shape index (κ3) is 3.34. The molecule has 4 rings (SSSR count). The van der Waals surface area contributed by atoms with E-state index in [0.717, 1.165) is 37.1 Å². The van der Waals surface area contributed by atoms with Crippen LogP contribution in [0.5, 0.6) is 0 Å². The highest BCUT2D eigenvalue weighted by molar-refractivity contribution is 5.37. The van der Waals surface area contributed by atoms with Gasteiger partial charge in [0.25, 0.3) is 0 Å². The van der Waals surface area contributed by atoms with Gasteiger partial charge in [0.2, 0.25) is 11.8 Å². The molecule has 0 amide bonds. The Labute approximate surface area is 135 Å². The van der Waals surface area contributed by atoms with Crippen molar-refractivity contribution in [2.24, 2.45) is 0 Å². The van der Waals surface area contributed by atoms with Crippen molar-refractivity contribution >= 4 is 5.82 Å². The first kappa shape index (κ1) is 14.6. The average molecular weight is 314 g/mol. The molecule has 0 radical (unpaired) electrons. The minimum Gasteiger partial charge on any atom is -0.424 e. The molecule has 3 heterocycles. The highest BCUT2D eigenvalue weighted by atomic mass is 16.4. The average Bonchev–Trinajstić information content (AvgIpc) is 3.36. The number of hydrogen-bond acceptors (Lipinski definition) is 7. The van der Waals surface area contributed by atoms with Gasteiger partial charge in [-0.25, -0.2) is 0 Å². The van der Waals surface area contributed by atoms with Gasteiger partial charge in [0, 0.05) is 31.2 Å². The largest absolute Gasteiger partial charge is 0.424 e. The summed E-state index contributed by atoms with van der Waals surface area (Å²) in [6.45, 7) is 2.70. The molecule has 1 saturated heterocycles. The van der Waals surface area contributed by atoms with E-state index in [0.29, 0.717) is 18.5 Å². The molecule has 1 atom stereocenters. The number of aromatic nitrogens is 4. The summed E-state index contributed by atoms with van der Waals surface area (Å²) in [4.78, 5) is 4.62. The van der Waals surface area contributed by atoms with Crippen LogP contribution in [0.3, 0.4) is 0 Å². The first-order valence-electron chi connectivity index (χ1n) is 8.35. The van der Waals surface area contributed by atoms with Gasteiger partial charge >= 0.3 is 0 Å². The van der Waals surface area contributed by atoms with Gasteiger partial charge in [0.15, 0.2) is 5.82 Å². The molecule has 1 aliphatic carbocycles. The van der Waals surface area contributed by atoms with Gasteiger partial charge in [0.1, 0.15) is 0 Å². The van der Waals surface area contributed by atoms with E-state index in [-0.39, 0.29) is 0 Å². The van der Waals surface area contributed by atoms with E-state index < -0.39 is 0 Å². The zero-order valence-corrected chi connectivity index (χ0v) is 13.4. The molecular weight excluding hydrogens is 292 g/mol. The number of rotatable bonds is 5. The topological polar surface area (TPSA) is 71.2 Å². The van der Waals surface area contributed by atoms with Crippen LogP contribution >= 0.6 is 0 Å². The molecule has 2 aliphatic rings. The molecule has 7 heteroatoms. The van der Waals surface area contributed by atoms with Gasteiger partial charge in [-0.15, -0.1) is 15.3 Å². The van der Waals surface area contributed by atoms with Crippen LogP contribution in [0, 0.1) is 0 Å². The molecule has 0 aromatic carbocycles. The second kappa shape index (κ2) is 6.23. The maximum Gasteiger partial charge on any atom is 0.230 e. The maximum atomic E-state index is 5.78. The van der Waals surface area contributed by atoms with Crippen LogP contribution in [0.15, 0.2) is 22.7 Å². The lowest BCUT2D eigenvalue weighted by atomic mass is 10.0. The highest BCUT2D eigenvalue weighted by Crippen LogP contribution is 2.39. The summed E-state index contributed by atoms with van der Waals surface area (Å²) in [5.41, 5.74) is 0. The second-order valence-electron chi connectivity index (χ2n) is 6.55. The van der Waals surface area contributed by atoms with Crippen molar-refractivity contribution in [2.75, 3.05) is 25.0 Å². The maximum absolute atomic E-state index is 5.78. The molecule has 23 heavy (non-hydrogen) atoms. The Kier molecular flexibility index (Phi) is 3.95. The van der Waals surface area contributed by atoms with Crippen LogP contribution in [-0.2, 0) is 6.54 Å². The van der Waals surface area contributed by atoms with Gasteiger partial charge < -0.3 is 9.32 Å². The van der Waals surface area contributed by atoms with Crippen molar-refractivity contribution in [1.29, 1.82) is 0 Å². The zero-order chi connectivity index (χ0) is 15.6. The van der Waals surface area contributed by atoms with Crippen LogP contribution in [0.25, 0.3) is 0 Å². The standard InChI is InChI=1S/C16H22N6O/c1-21(11-15-19-20-16(23-15)12-6-7-12)13-4-3-9-22(10-13)14-5-2-8-17-18-14/h2,5,8,12-13H,3-4,6-7,9-11H2,1H3/t13-/m1/s1. The fourth-order valence-electron chi connectivity index (χ4n) is 3.15. The molecular formula is C16H22N6O. The van der Waals surface area contributed by atoms with Crippen LogP contribution in [-0.4, -0.2) is 51.5 Å². The summed E-state index contributed by atoms with van der Waals surface area (Å²) in [5, 5.41) is 16.6. The Morgan fingerprint density at radius 1 is 1.26 bits per heavy atom. The molecule has 0 N–H and O–H groups in total. The Hall–Kier alpha value is -2.02. The first-order valence-corrected chi connectivity index (χ1v) is 8.35. The Bertz CT molecular complexity index is 641. The minimum atomic E-state index is 0.460. The zero-order valence-electron chi connectivity index (χ0n) is 13.4. The first-order chi connectivity index (χ1) is 11.3. The third-order valence-corrected chi connectivity index (χ3v) is 4.70. The van der Waals surface area contributed by atoms with Crippen molar-refractivity contribution in [3.05, 3.63) is 30.1 Å². The van der Waals surface area contributed by atoms with E-state index in [9.17, 15) is 0 Å². The van der Waals surface area contributed by atoms with E-state index in [1.165, 1.54) is 19.3 Å². The van der Waals surface area contributed by atoms with E-state index in [1.54, 1.807) is 6.20 Å². The summed E-state index contributed by atoms with van der Waals surface area (Å²) in [7, 11) is 2.13. The van der Waals surface area contributed by atoms with Gasteiger partial charge in [-0.2, -0.15) is 5.10 Å². The molecule has 1 saturated carbocycles. The van der Waals surface area contributed by atoms with Gasteiger partial charge in [-0.1, -0.05) is 0 Å². The van der Waals surface area contributed by atoms with Crippen LogP contribution in [0.2, 0.25) is 0 Å². The molecule has 2 aromatic rings. The van der Waals surface area contributed by atoms with E-state index in [4.69, 9.17) is 4.42 Å². The molecule has 7 nitrogen and oxygen atoms in total. The number of piperidine rings is 1. The Morgan fingerprint density at radius 3 is 2.96 bits per heavy atom. The van der Waals surface area contributed by atoms with E-state index >= 15 is 0 Å². The summed E-state index contributed by atoms with van der Waals surface area (Å²) >= 11 is 0. The lowest BCUT2D eigenvalue weighted by Gasteiger charge is -2.37. The van der Waals surface area contributed by atoms with Crippen molar-refractivity contribution in [2.45, 2.75) is 44.2 Å². The number of hydrogen-bond donors (Lipinski definition) is 0. The fraction of sp³-hybridized carbons (Fsp3) is 0.625. The van der Waals surface area contributed by atoms with Gasteiger partial charge in [0.05, 0.1) is 6.54 Å².